The topological polar surface area (TPSA) is 75.7 Å². The maximum atomic E-state index is 12.5. The Balaban J connectivity index is 2.01. The molecule has 0 saturated carbocycles. The summed E-state index contributed by atoms with van der Waals surface area (Å²) in [6.45, 7) is 3.02. The van der Waals surface area contributed by atoms with Crippen LogP contribution in [0.15, 0.2) is 21.7 Å². The molecule has 8 heteroatoms. The Morgan fingerprint density at radius 2 is 2.36 bits per heavy atom. The van der Waals surface area contributed by atoms with Crippen LogP contribution in [0, 0.1) is 5.92 Å². The molecule has 2 atom stereocenters. The minimum absolute atomic E-state index is 0.0817. The second kappa shape index (κ2) is 7.54. The summed E-state index contributed by atoms with van der Waals surface area (Å²) in [6.07, 6.45) is 1.41. The van der Waals surface area contributed by atoms with Crippen molar-refractivity contribution in [1.29, 1.82) is 0 Å². The average Bonchev–Trinajstić information content (AvgIpc) is 3.02. The fourth-order valence-electron chi connectivity index (χ4n) is 2.56. The number of hydrogen-bond acceptors (Lipinski definition) is 5. The third kappa shape index (κ3) is 4.07. The Morgan fingerprint density at radius 3 is 3.00 bits per heavy atom. The van der Waals surface area contributed by atoms with E-state index in [1.165, 1.54) is 15.6 Å². The summed E-state index contributed by atoms with van der Waals surface area (Å²) < 4.78 is 31.8. The van der Waals surface area contributed by atoms with Gasteiger partial charge in [-0.3, -0.25) is 4.79 Å². The van der Waals surface area contributed by atoms with E-state index in [1.807, 2.05) is 6.92 Å². The second-order valence-electron chi connectivity index (χ2n) is 5.50. The molecule has 6 nitrogen and oxygen atoms in total. The first kappa shape index (κ1) is 17.4. The Labute approximate surface area is 135 Å². The molecule has 0 bridgehead atoms. The molecule has 1 amide bonds. The lowest BCUT2D eigenvalue weighted by atomic mass is 9.98. The molecule has 0 aromatic carbocycles. The monoisotopic (exact) mass is 346 g/mol. The normalized spacial score (nSPS) is 21.5. The van der Waals surface area contributed by atoms with E-state index in [0.29, 0.717) is 30.2 Å². The van der Waals surface area contributed by atoms with Crippen molar-refractivity contribution in [2.45, 2.75) is 30.0 Å². The predicted octanol–water partition coefficient (Wildman–Crippen LogP) is 1.30. The van der Waals surface area contributed by atoms with E-state index in [-0.39, 0.29) is 24.4 Å². The largest absolute Gasteiger partial charge is 0.383 e. The molecule has 1 aromatic rings. The third-order valence-corrected chi connectivity index (χ3v) is 6.89. The van der Waals surface area contributed by atoms with Crippen molar-refractivity contribution in [2.75, 3.05) is 26.8 Å². The Bertz CT molecular complexity index is 586. The van der Waals surface area contributed by atoms with Crippen molar-refractivity contribution >= 4 is 27.3 Å². The third-order valence-electron chi connectivity index (χ3n) is 3.65. The first-order valence-electron chi connectivity index (χ1n) is 7.28. The van der Waals surface area contributed by atoms with Gasteiger partial charge in [-0.1, -0.05) is 6.07 Å². The van der Waals surface area contributed by atoms with Crippen molar-refractivity contribution in [3.8, 4) is 0 Å². The Kier molecular flexibility index (Phi) is 5.96. The maximum absolute atomic E-state index is 12.5. The van der Waals surface area contributed by atoms with Crippen molar-refractivity contribution in [3.05, 3.63) is 17.5 Å². The summed E-state index contributed by atoms with van der Waals surface area (Å²) in [5.74, 6) is -0.404. The molecular formula is C14H22N2O4S2. The number of hydrogen-bond donors (Lipinski definition) is 1. The summed E-state index contributed by atoms with van der Waals surface area (Å²) in [7, 11) is -1.89. The lowest BCUT2D eigenvalue weighted by Gasteiger charge is -2.31. The number of ether oxygens (including phenoxy) is 1. The molecule has 2 rings (SSSR count). The van der Waals surface area contributed by atoms with Crippen LogP contribution < -0.4 is 5.32 Å². The van der Waals surface area contributed by atoms with Crippen LogP contribution in [0.5, 0.6) is 0 Å². The molecule has 1 aromatic heterocycles. The van der Waals surface area contributed by atoms with Crippen LogP contribution >= 0.6 is 11.3 Å². The number of carbonyl (C=O) groups is 1. The zero-order chi connectivity index (χ0) is 16.2. The molecule has 1 aliphatic rings. The van der Waals surface area contributed by atoms with Gasteiger partial charge in [-0.25, -0.2) is 8.42 Å². The number of thiophene rings is 1. The number of nitrogens with zero attached hydrogens (tertiary/aromatic N) is 1. The lowest BCUT2D eigenvalue weighted by molar-refractivity contribution is -0.127. The molecule has 1 aliphatic heterocycles. The quantitative estimate of drug-likeness (QED) is 0.842. The molecule has 2 unspecified atom stereocenters. The number of amides is 1. The minimum Gasteiger partial charge on any atom is -0.383 e. The van der Waals surface area contributed by atoms with Gasteiger partial charge in [0.25, 0.3) is 10.0 Å². The van der Waals surface area contributed by atoms with E-state index in [0.717, 1.165) is 0 Å². The summed E-state index contributed by atoms with van der Waals surface area (Å²) in [4.78, 5) is 12.3. The molecule has 2 heterocycles. The molecule has 1 N–H and O–H groups in total. The fraction of sp³-hybridized carbons (Fsp3) is 0.643. The highest BCUT2D eigenvalue weighted by Crippen LogP contribution is 2.26. The zero-order valence-corrected chi connectivity index (χ0v) is 14.5. The zero-order valence-electron chi connectivity index (χ0n) is 12.8. The summed E-state index contributed by atoms with van der Waals surface area (Å²) >= 11 is 1.20. The fourth-order valence-corrected chi connectivity index (χ4v) is 5.23. The minimum atomic E-state index is -3.48. The van der Waals surface area contributed by atoms with Gasteiger partial charge in [0.05, 0.1) is 12.5 Å². The van der Waals surface area contributed by atoms with Gasteiger partial charge in [0.15, 0.2) is 0 Å². The maximum Gasteiger partial charge on any atom is 0.252 e. The molecule has 0 radical (unpaired) electrons. The van der Waals surface area contributed by atoms with Gasteiger partial charge in [0, 0.05) is 26.2 Å². The highest BCUT2D eigenvalue weighted by Gasteiger charge is 2.34. The molecule has 124 valence electrons. The van der Waals surface area contributed by atoms with E-state index >= 15 is 0 Å². The van der Waals surface area contributed by atoms with Gasteiger partial charge < -0.3 is 10.1 Å². The van der Waals surface area contributed by atoms with E-state index in [9.17, 15) is 13.2 Å². The number of carbonyl (C=O) groups excluding carboxylic acids is 1. The van der Waals surface area contributed by atoms with Crippen LogP contribution in [0.1, 0.15) is 19.8 Å². The highest BCUT2D eigenvalue weighted by molar-refractivity contribution is 7.91. The lowest BCUT2D eigenvalue weighted by Crippen LogP contribution is -2.47. The number of rotatable bonds is 6. The molecule has 0 aliphatic carbocycles. The summed E-state index contributed by atoms with van der Waals surface area (Å²) in [5, 5.41) is 4.62. The highest BCUT2D eigenvalue weighted by atomic mass is 32.2. The van der Waals surface area contributed by atoms with Crippen LogP contribution in [0.4, 0.5) is 0 Å². The molecule has 0 spiro atoms. The van der Waals surface area contributed by atoms with E-state index in [1.54, 1.807) is 24.6 Å². The molecule has 1 saturated heterocycles. The van der Waals surface area contributed by atoms with Crippen molar-refractivity contribution in [3.63, 3.8) is 0 Å². The van der Waals surface area contributed by atoms with E-state index in [2.05, 4.69) is 5.32 Å². The summed E-state index contributed by atoms with van der Waals surface area (Å²) in [6, 6.07) is 3.24. The summed E-state index contributed by atoms with van der Waals surface area (Å²) in [5.41, 5.74) is 0. The standard InChI is InChI=1S/C14H22N2O4S2/c1-11(10-20-2)15-14(17)12-5-3-7-16(9-12)22(18,19)13-6-4-8-21-13/h4,6,8,11-12H,3,5,7,9-10H2,1-2H3,(H,15,17). The van der Waals surface area contributed by atoms with Crippen molar-refractivity contribution < 1.29 is 17.9 Å². The first-order chi connectivity index (χ1) is 10.4. The molecule has 1 fully saturated rings. The first-order valence-corrected chi connectivity index (χ1v) is 9.60. The number of nitrogens with one attached hydrogen (secondary N) is 1. The van der Waals surface area contributed by atoms with Gasteiger partial charge in [0.2, 0.25) is 5.91 Å². The Hall–Kier alpha value is -0.960. The van der Waals surface area contributed by atoms with Crippen LogP contribution in [-0.2, 0) is 19.6 Å². The van der Waals surface area contributed by atoms with E-state index in [4.69, 9.17) is 4.74 Å². The number of piperidine rings is 1. The van der Waals surface area contributed by atoms with Gasteiger partial charge in [-0.15, -0.1) is 11.3 Å². The Morgan fingerprint density at radius 1 is 1.59 bits per heavy atom. The van der Waals surface area contributed by atoms with Crippen LogP contribution in [0.2, 0.25) is 0 Å². The number of methoxy groups -OCH3 is 1. The van der Waals surface area contributed by atoms with Crippen LogP contribution in [0.25, 0.3) is 0 Å². The van der Waals surface area contributed by atoms with Gasteiger partial charge in [-0.05, 0) is 31.2 Å². The predicted molar refractivity (Wildman–Crippen MR) is 85.3 cm³/mol. The average molecular weight is 346 g/mol. The second-order valence-corrected chi connectivity index (χ2v) is 8.61. The smallest absolute Gasteiger partial charge is 0.252 e. The molecule has 22 heavy (non-hydrogen) atoms. The van der Waals surface area contributed by atoms with E-state index < -0.39 is 10.0 Å². The van der Waals surface area contributed by atoms with Crippen molar-refractivity contribution in [1.82, 2.24) is 9.62 Å². The SMILES string of the molecule is COCC(C)NC(=O)C1CCCN(S(=O)(=O)c2cccs2)C1. The van der Waals surface area contributed by atoms with Crippen molar-refractivity contribution in [2.24, 2.45) is 5.92 Å². The van der Waals surface area contributed by atoms with Gasteiger partial charge in [0.1, 0.15) is 4.21 Å². The van der Waals surface area contributed by atoms with Crippen LogP contribution in [-0.4, -0.2) is 51.5 Å². The number of sulfonamides is 1. The van der Waals surface area contributed by atoms with Gasteiger partial charge in [-0.2, -0.15) is 4.31 Å². The molecular weight excluding hydrogens is 324 g/mol. The van der Waals surface area contributed by atoms with Gasteiger partial charge >= 0.3 is 0 Å². The van der Waals surface area contributed by atoms with Crippen LogP contribution in [0.3, 0.4) is 0 Å².